The number of para-hydroxylation sites is 1. The van der Waals surface area contributed by atoms with Gasteiger partial charge in [0.15, 0.2) is 0 Å². The van der Waals surface area contributed by atoms with E-state index in [-0.39, 0.29) is 11.8 Å². The molecule has 2 aromatic carbocycles. The number of halogens is 1. The molecule has 1 N–H and O–H groups in total. The summed E-state index contributed by atoms with van der Waals surface area (Å²) in [5.74, 6) is 0.146. The summed E-state index contributed by atoms with van der Waals surface area (Å²) in [6, 6.07) is 15.6. The molecule has 0 aromatic heterocycles. The Hall–Kier alpha value is -1.80. The lowest BCUT2D eigenvalue weighted by Crippen LogP contribution is -2.23. The number of amides is 1. The Bertz CT molecular complexity index is 609. The highest BCUT2D eigenvalue weighted by Crippen LogP contribution is 2.37. The van der Waals surface area contributed by atoms with E-state index in [9.17, 15) is 4.79 Å². The van der Waals surface area contributed by atoms with Gasteiger partial charge in [-0.25, -0.2) is 0 Å². The fourth-order valence-corrected chi connectivity index (χ4v) is 2.63. The minimum absolute atomic E-state index is 0.0543. The van der Waals surface area contributed by atoms with Crippen LogP contribution in [0.4, 0.5) is 5.69 Å². The van der Waals surface area contributed by atoms with Crippen molar-refractivity contribution in [1.82, 2.24) is 0 Å². The minimum atomic E-state index is 0.0543. The summed E-state index contributed by atoms with van der Waals surface area (Å²) in [4.78, 5) is 11.8. The predicted octanol–water partition coefficient (Wildman–Crippen LogP) is 3.81. The molecule has 18 heavy (non-hydrogen) atoms. The van der Waals surface area contributed by atoms with Crippen LogP contribution in [0.15, 0.2) is 48.5 Å². The zero-order valence-corrected chi connectivity index (χ0v) is 10.4. The molecule has 1 atom stereocenters. The number of anilines is 1. The summed E-state index contributed by atoms with van der Waals surface area (Å²) in [5, 5.41) is 3.61. The highest BCUT2D eigenvalue weighted by molar-refractivity contribution is 6.30. The first-order chi connectivity index (χ1) is 8.74. The molecule has 0 fully saturated rings. The maximum atomic E-state index is 11.8. The Balaban J connectivity index is 2.10. The van der Waals surface area contributed by atoms with Gasteiger partial charge in [-0.3, -0.25) is 4.79 Å². The number of nitrogens with one attached hydrogen (secondary N) is 1. The Morgan fingerprint density at radius 2 is 1.94 bits per heavy atom. The van der Waals surface area contributed by atoms with Gasteiger partial charge in [-0.15, -0.1) is 0 Å². The molecular formula is C15H12ClNO. The Morgan fingerprint density at radius 1 is 1.11 bits per heavy atom. The highest BCUT2D eigenvalue weighted by Gasteiger charge is 2.25. The van der Waals surface area contributed by atoms with Crippen LogP contribution >= 0.6 is 11.6 Å². The zero-order valence-electron chi connectivity index (χ0n) is 9.69. The lowest BCUT2D eigenvalue weighted by molar-refractivity contribution is -0.116. The van der Waals surface area contributed by atoms with Crippen molar-refractivity contribution in [2.75, 3.05) is 5.32 Å². The summed E-state index contributed by atoms with van der Waals surface area (Å²) >= 11 is 6.03. The van der Waals surface area contributed by atoms with Crippen LogP contribution < -0.4 is 5.32 Å². The molecule has 0 radical (unpaired) electrons. The van der Waals surface area contributed by atoms with Crippen LogP contribution in [0, 0.1) is 0 Å². The normalized spacial score (nSPS) is 18.1. The largest absolute Gasteiger partial charge is 0.326 e. The number of carbonyl (C=O) groups excluding carboxylic acids is 1. The van der Waals surface area contributed by atoms with E-state index in [0.29, 0.717) is 11.4 Å². The van der Waals surface area contributed by atoms with Crippen molar-refractivity contribution >= 4 is 23.2 Å². The van der Waals surface area contributed by atoms with E-state index in [1.807, 2.05) is 42.5 Å². The van der Waals surface area contributed by atoms with Crippen LogP contribution in [0.1, 0.15) is 23.5 Å². The molecule has 0 saturated heterocycles. The van der Waals surface area contributed by atoms with Crippen molar-refractivity contribution in [1.29, 1.82) is 0 Å². The van der Waals surface area contributed by atoms with Gasteiger partial charge in [0.2, 0.25) is 5.91 Å². The fourth-order valence-electron chi connectivity index (χ4n) is 2.43. The summed E-state index contributed by atoms with van der Waals surface area (Å²) in [5.41, 5.74) is 3.14. The van der Waals surface area contributed by atoms with Gasteiger partial charge >= 0.3 is 0 Å². The maximum Gasteiger partial charge on any atom is 0.225 e. The van der Waals surface area contributed by atoms with E-state index in [2.05, 4.69) is 11.4 Å². The molecular weight excluding hydrogens is 246 g/mol. The third-order valence-corrected chi connectivity index (χ3v) is 3.49. The van der Waals surface area contributed by atoms with Gasteiger partial charge in [-0.05, 0) is 29.3 Å². The molecule has 3 rings (SSSR count). The van der Waals surface area contributed by atoms with Gasteiger partial charge < -0.3 is 5.32 Å². The Kier molecular flexibility index (Phi) is 2.80. The maximum absolute atomic E-state index is 11.8. The highest BCUT2D eigenvalue weighted by atomic mass is 35.5. The quantitative estimate of drug-likeness (QED) is 0.827. The van der Waals surface area contributed by atoms with E-state index >= 15 is 0 Å². The summed E-state index contributed by atoms with van der Waals surface area (Å²) in [6.07, 6.45) is 0.470. The first-order valence-electron chi connectivity index (χ1n) is 5.88. The first kappa shape index (κ1) is 11.3. The number of benzene rings is 2. The first-order valence-corrected chi connectivity index (χ1v) is 6.26. The number of hydrogen-bond acceptors (Lipinski definition) is 1. The summed E-state index contributed by atoms with van der Waals surface area (Å²) in [6.45, 7) is 0. The topological polar surface area (TPSA) is 29.1 Å². The van der Waals surface area contributed by atoms with E-state index < -0.39 is 0 Å². The SMILES string of the molecule is O=C1CC(c2cccc(Cl)c2)c2ccccc2N1. The van der Waals surface area contributed by atoms with Crippen molar-refractivity contribution in [3.8, 4) is 0 Å². The molecule has 1 unspecified atom stereocenters. The lowest BCUT2D eigenvalue weighted by Gasteiger charge is -2.26. The monoisotopic (exact) mass is 257 g/mol. The standard InChI is InChI=1S/C15H12ClNO/c16-11-5-3-4-10(8-11)13-9-15(18)17-14-7-2-1-6-12(13)14/h1-8,13H,9H2,(H,17,18). The lowest BCUT2D eigenvalue weighted by atomic mass is 9.85. The van der Waals surface area contributed by atoms with Crippen LogP contribution in [0.25, 0.3) is 0 Å². The van der Waals surface area contributed by atoms with Crippen LogP contribution in [0.5, 0.6) is 0 Å². The summed E-state index contributed by atoms with van der Waals surface area (Å²) < 4.78 is 0. The molecule has 0 saturated carbocycles. The van der Waals surface area contributed by atoms with E-state index in [4.69, 9.17) is 11.6 Å². The Labute approximate surface area is 111 Å². The number of carbonyl (C=O) groups is 1. The van der Waals surface area contributed by atoms with Gasteiger partial charge in [0.1, 0.15) is 0 Å². The van der Waals surface area contributed by atoms with Gasteiger partial charge in [-0.2, -0.15) is 0 Å². The average Bonchev–Trinajstić information content (AvgIpc) is 2.37. The predicted molar refractivity (Wildman–Crippen MR) is 73.0 cm³/mol. The van der Waals surface area contributed by atoms with E-state index in [1.165, 1.54) is 0 Å². The number of hydrogen-bond donors (Lipinski definition) is 1. The second-order valence-electron chi connectivity index (χ2n) is 4.45. The molecule has 1 heterocycles. The third-order valence-electron chi connectivity index (χ3n) is 3.25. The van der Waals surface area contributed by atoms with Gasteiger partial charge in [0, 0.05) is 23.0 Å². The van der Waals surface area contributed by atoms with E-state index in [0.717, 1.165) is 16.8 Å². The minimum Gasteiger partial charge on any atom is -0.326 e. The van der Waals surface area contributed by atoms with E-state index in [1.54, 1.807) is 0 Å². The van der Waals surface area contributed by atoms with Crippen LogP contribution in [-0.2, 0) is 4.79 Å². The van der Waals surface area contributed by atoms with Crippen molar-refractivity contribution in [2.24, 2.45) is 0 Å². The van der Waals surface area contributed by atoms with Crippen LogP contribution in [0.3, 0.4) is 0 Å². The second-order valence-corrected chi connectivity index (χ2v) is 4.88. The fraction of sp³-hybridized carbons (Fsp3) is 0.133. The van der Waals surface area contributed by atoms with Gasteiger partial charge in [0.25, 0.3) is 0 Å². The molecule has 0 spiro atoms. The molecule has 2 aromatic rings. The molecule has 2 nitrogen and oxygen atoms in total. The van der Waals surface area contributed by atoms with Crippen molar-refractivity contribution in [2.45, 2.75) is 12.3 Å². The smallest absolute Gasteiger partial charge is 0.225 e. The number of rotatable bonds is 1. The Morgan fingerprint density at radius 3 is 2.78 bits per heavy atom. The van der Waals surface area contributed by atoms with Crippen molar-refractivity contribution in [3.05, 3.63) is 64.7 Å². The molecule has 1 aliphatic rings. The average molecular weight is 258 g/mol. The van der Waals surface area contributed by atoms with Gasteiger partial charge in [-0.1, -0.05) is 41.9 Å². The second kappa shape index (κ2) is 4.46. The van der Waals surface area contributed by atoms with Crippen LogP contribution in [0.2, 0.25) is 5.02 Å². The molecule has 0 aliphatic carbocycles. The molecule has 0 bridgehead atoms. The van der Waals surface area contributed by atoms with Crippen LogP contribution in [-0.4, -0.2) is 5.91 Å². The molecule has 3 heteroatoms. The zero-order chi connectivity index (χ0) is 12.5. The van der Waals surface area contributed by atoms with Gasteiger partial charge in [0.05, 0.1) is 0 Å². The summed E-state index contributed by atoms with van der Waals surface area (Å²) in [7, 11) is 0. The van der Waals surface area contributed by atoms with Crippen molar-refractivity contribution in [3.63, 3.8) is 0 Å². The number of fused-ring (bicyclic) bond motifs is 1. The van der Waals surface area contributed by atoms with Crippen molar-refractivity contribution < 1.29 is 4.79 Å². The third kappa shape index (κ3) is 2.00. The molecule has 90 valence electrons. The molecule has 1 amide bonds. The molecule has 1 aliphatic heterocycles.